The van der Waals surface area contributed by atoms with E-state index in [1.165, 1.54) is 7.11 Å². The lowest BCUT2D eigenvalue weighted by atomic mass is 9.99. The van der Waals surface area contributed by atoms with Gasteiger partial charge in [-0.05, 0) is 31.0 Å². The molecule has 26 heavy (non-hydrogen) atoms. The number of ether oxygens (including phenoxy) is 3. The highest BCUT2D eigenvalue weighted by molar-refractivity contribution is 5.85. The number of nitrogens with one attached hydrogen (secondary N) is 2. The molecule has 2 unspecified atom stereocenters. The Kier molecular flexibility index (Phi) is 10.0. The first-order valence-corrected chi connectivity index (χ1v) is 8.53. The molecule has 1 heterocycles. The van der Waals surface area contributed by atoms with Crippen LogP contribution in [0.25, 0.3) is 0 Å². The highest BCUT2D eigenvalue weighted by Crippen LogP contribution is 2.16. The number of morpholine rings is 1. The second-order valence-electron chi connectivity index (χ2n) is 5.81. The van der Waals surface area contributed by atoms with Crippen LogP contribution in [-0.2, 0) is 25.5 Å². The van der Waals surface area contributed by atoms with Crippen LogP contribution < -0.4 is 15.4 Å². The minimum Gasteiger partial charge on any atom is -0.494 e. The SMILES string of the molecule is CCOc1ccc(CC(CNC(=O)C2CNCCO2)C(=O)OC)cc1.Cl. The van der Waals surface area contributed by atoms with Gasteiger partial charge in [-0.1, -0.05) is 12.1 Å². The van der Waals surface area contributed by atoms with Crippen molar-refractivity contribution in [1.82, 2.24) is 10.6 Å². The maximum absolute atomic E-state index is 12.1. The molecule has 0 spiro atoms. The number of methoxy groups -OCH3 is 1. The van der Waals surface area contributed by atoms with E-state index in [1.807, 2.05) is 31.2 Å². The number of benzene rings is 1. The van der Waals surface area contributed by atoms with Gasteiger partial charge < -0.3 is 24.8 Å². The van der Waals surface area contributed by atoms with Gasteiger partial charge in [-0.2, -0.15) is 0 Å². The maximum atomic E-state index is 12.1. The molecule has 1 fully saturated rings. The summed E-state index contributed by atoms with van der Waals surface area (Å²) in [6.45, 7) is 4.47. The Morgan fingerprint density at radius 1 is 1.35 bits per heavy atom. The van der Waals surface area contributed by atoms with Gasteiger partial charge in [0.25, 0.3) is 0 Å². The third-order valence-corrected chi connectivity index (χ3v) is 3.99. The first kappa shape index (κ1) is 22.2. The summed E-state index contributed by atoms with van der Waals surface area (Å²) in [5.74, 6) is -0.232. The molecule has 0 bridgehead atoms. The average molecular weight is 387 g/mol. The molecule has 146 valence electrons. The van der Waals surface area contributed by atoms with Crippen LogP contribution in [0, 0.1) is 5.92 Å². The number of esters is 1. The molecule has 2 rings (SSSR count). The monoisotopic (exact) mass is 386 g/mol. The van der Waals surface area contributed by atoms with Gasteiger partial charge >= 0.3 is 5.97 Å². The Bertz CT molecular complexity index is 561. The summed E-state index contributed by atoms with van der Waals surface area (Å²) < 4.78 is 15.7. The van der Waals surface area contributed by atoms with Crippen molar-refractivity contribution in [3.63, 3.8) is 0 Å². The van der Waals surface area contributed by atoms with Crippen LogP contribution in [0.3, 0.4) is 0 Å². The zero-order chi connectivity index (χ0) is 18.1. The fourth-order valence-corrected chi connectivity index (χ4v) is 2.65. The largest absolute Gasteiger partial charge is 0.494 e. The summed E-state index contributed by atoms with van der Waals surface area (Å²) in [7, 11) is 1.35. The Labute approximate surface area is 160 Å². The summed E-state index contributed by atoms with van der Waals surface area (Å²) in [6, 6.07) is 7.56. The lowest BCUT2D eigenvalue weighted by Gasteiger charge is -2.23. The van der Waals surface area contributed by atoms with E-state index in [1.54, 1.807) is 0 Å². The fourth-order valence-electron chi connectivity index (χ4n) is 2.65. The molecule has 1 aromatic carbocycles. The molecule has 0 aliphatic carbocycles. The maximum Gasteiger partial charge on any atom is 0.310 e. The molecule has 2 atom stereocenters. The lowest BCUT2D eigenvalue weighted by molar-refractivity contribution is -0.145. The highest BCUT2D eigenvalue weighted by atomic mass is 35.5. The van der Waals surface area contributed by atoms with Gasteiger partial charge in [-0.3, -0.25) is 9.59 Å². The predicted octanol–water partition coefficient (Wildman–Crippen LogP) is 0.943. The highest BCUT2D eigenvalue weighted by Gasteiger charge is 2.25. The second kappa shape index (κ2) is 11.7. The van der Waals surface area contributed by atoms with Crippen molar-refractivity contribution in [3.05, 3.63) is 29.8 Å². The Morgan fingerprint density at radius 2 is 2.08 bits per heavy atom. The molecular weight excluding hydrogens is 360 g/mol. The summed E-state index contributed by atoms with van der Waals surface area (Å²) >= 11 is 0. The minimum absolute atomic E-state index is 0. The summed E-state index contributed by atoms with van der Waals surface area (Å²) in [5.41, 5.74) is 0.976. The van der Waals surface area contributed by atoms with E-state index >= 15 is 0 Å². The van der Waals surface area contributed by atoms with Crippen molar-refractivity contribution < 1.29 is 23.8 Å². The number of rotatable bonds is 8. The summed E-state index contributed by atoms with van der Waals surface area (Å²) in [4.78, 5) is 24.2. The molecule has 1 saturated heterocycles. The smallest absolute Gasteiger partial charge is 0.310 e. The molecule has 1 aliphatic rings. The van der Waals surface area contributed by atoms with E-state index in [2.05, 4.69) is 10.6 Å². The van der Waals surface area contributed by atoms with Gasteiger partial charge in [-0.15, -0.1) is 12.4 Å². The van der Waals surface area contributed by atoms with Crippen molar-refractivity contribution in [1.29, 1.82) is 0 Å². The van der Waals surface area contributed by atoms with Crippen LogP contribution >= 0.6 is 12.4 Å². The molecule has 8 heteroatoms. The number of halogens is 1. The minimum atomic E-state index is -0.516. The van der Waals surface area contributed by atoms with E-state index in [0.29, 0.717) is 26.2 Å². The van der Waals surface area contributed by atoms with Gasteiger partial charge in [0, 0.05) is 19.6 Å². The fraction of sp³-hybridized carbons (Fsp3) is 0.556. The van der Waals surface area contributed by atoms with Crippen molar-refractivity contribution in [2.45, 2.75) is 19.4 Å². The first-order valence-electron chi connectivity index (χ1n) is 8.53. The average Bonchev–Trinajstić information content (AvgIpc) is 2.66. The normalized spacial score (nSPS) is 17.5. The zero-order valence-electron chi connectivity index (χ0n) is 15.2. The van der Waals surface area contributed by atoms with Crippen LogP contribution in [0.15, 0.2) is 24.3 Å². The Balaban J connectivity index is 0.00000338. The third kappa shape index (κ3) is 6.82. The molecule has 0 radical (unpaired) electrons. The van der Waals surface area contributed by atoms with Crippen LogP contribution in [0.4, 0.5) is 0 Å². The van der Waals surface area contributed by atoms with Gasteiger partial charge in [0.2, 0.25) is 5.91 Å². The summed E-state index contributed by atoms with van der Waals surface area (Å²) in [6.07, 6.45) is -0.0409. The number of hydrogen-bond acceptors (Lipinski definition) is 6. The van der Waals surface area contributed by atoms with Crippen molar-refractivity contribution in [2.24, 2.45) is 5.92 Å². The quantitative estimate of drug-likeness (QED) is 0.647. The molecule has 1 aliphatic heterocycles. The Morgan fingerprint density at radius 3 is 2.65 bits per heavy atom. The van der Waals surface area contributed by atoms with Crippen LogP contribution in [0.2, 0.25) is 0 Å². The van der Waals surface area contributed by atoms with Crippen LogP contribution in [0.5, 0.6) is 5.75 Å². The topological polar surface area (TPSA) is 85.9 Å². The molecule has 0 saturated carbocycles. The van der Waals surface area contributed by atoms with Gasteiger partial charge in [0.05, 0.1) is 26.2 Å². The molecule has 2 N–H and O–H groups in total. The third-order valence-electron chi connectivity index (χ3n) is 3.99. The predicted molar refractivity (Wildman–Crippen MR) is 99.7 cm³/mol. The molecule has 1 amide bonds. The first-order chi connectivity index (χ1) is 12.1. The number of carbonyl (C=O) groups is 2. The number of carbonyl (C=O) groups excluding carboxylic acids is 2. The van der Waals surface area contributed by atoms with E-state index in [-0.39, 0.29) is 30.8 Å². The number of amides is 1. The lowest BCUT2D eigenvalue weighted by Crippen LogP contribution is -2.49. The van der Waals surface area contributed by atoms with Gasteiger partial charge in [0.1, 0.15) is 11.9 Å². The van der Waals surface area contributed by atoms with Gasteiger partial charge in [0.15, 0.2) is 0 Å². The van der Waals surface area contributed by atoms with E-state index in [4.69, 9.17) is 14.2 Å². The molecule has 1 aromatic rings. The Hall–Kier alpha value is -1.83. The molecular formula is C18H27ClN2O5. The van der Waals surface area contributed by atoms with E-state index in [9.17, 15) is 9.59 Å². The molecule has 0 aromatic heterocycles. The summed E-state index contributed by atoms with van der Waals surface area (Å²) in [5, 5.41) is 5.89. The van der Waals surface area contributed by atoms with Crippen molar-refractivity contribution in [2.75, 3.05) is 40.0 Å². The van der Waals surface area contributed by atoms with Crippen LogP contribution in [0.1, 0.15) is 12.5 Å². The molecule has 7 nitrogen and oxygen atoms in total. The number of hydrogen-bond donors (Lipinski definition) is 2. The second-order valence-corrected chi connectivity index (χ2v) is 5.81. The van der Waals surface area contributed by atoms with Crippen molar-refractivity contribution in [3.8, 4) is 5.75 Å². The van der Waals surface area contributed by atoms with E-state index in [0.717, 1.165) is 17.9 Å². The van der Waals surface area contributed by atoms with Crippen LogP contribution in [-0.4, -0.2) is 57.9 Å². The standard InChI is InChI=1S/C18H26N2O5.ClH/c1-3-24-15-6-4-13(5-7-15)10-14(18(22)23-2)11-20-17(21)16-12-19-8-9-25-16;/h4-7,14,16,19H,3,8-12H2,1-2H3,(H,20,21);1H. The van der Waals surface area contributed by atoms with E-state index < -0.39 is 12.0 Å². The van der Waals surface area contributed by atoms with Crippen molar-refractivity contribution >= 4 is 24.3 Å². The van der Waals surface area contributed by atoms with Gasteiger partial charge in [-0.25, -0.2) is 0 Å². The zero-order valence-corrected chi connectivity index (χ0v) is 16.0.